The molecule has 1 aromatic heterocycles. The Morgan fingerprint density at radius 3 is 2.74 bits per heavy atom. The third-order valence-corrected chi connectivity index (χ3v) is 5.58. The zero-order valence-electron chi connectivity index (χ0n) is 12.2. The van der Waals surface area contributed by atoms with E-state index < -0.39 is 0 Å². The SMILES string of the molecule is Cc1cc(CNC(C)(C)C)nc(C2CSCCS2)n1. The first-order chi connectivity index (χ1) is 8.94. The Balaban J connectivity index is 2.10. The van der Waals surface area contributed by atoms with E-state index >= 15 is 0 Å². The maximum atomic E-state index is 4.75. The van der Waals surface area contributed by atoms with E-state index in [2.05, 4.69) is 44.1 Å². The maximum Gasteiger partial charge on any atom is 0.142 e. The van der Waals surface area contributed by atoms with E-state index in [1.165, 1.54) is 11.5 Å². The van der Waals surface area contributed by atoms with E-state index in [4.69, 9.17) is 4.98 Å². The lowest BCUT2D eigenvalue weighted by Crippen LogP contribution is -2.35. The zero-order valence-corrected chi connectivity index (χ0v) is 13.8. The number of aromatic nitrogens is 2. The van der Waals surface area contributed by atoms with E-state index in [1.807, 2.05) is 23.5 Å². The average molecular weight is 297 g/mol. The lowest BCUT2D eigenvalue weighted by Gasteiger charge is -2.22. The minimum Gasteiger partial charge on any atom is -0.306 e. The van der Waals surface area contributed by atoms with Crippen molar-refractivity contribution in [1.82, 2.24) is 15.3 Å². The van der Waals surface area contributed by atoms with Gasteiger partial charge in [0.05, 0.1) is 10.9 Å². The molecule has 0 aromatic carbocycles. The van der Waals surface area contributed by atoms with Crippen LogP contribution < -0.4 is 5.32 Å². The Kier molecular flexibility index (Phi) is 5.15. The molecule has 0 spiro atoms. The fourth-order valence-electron chi connectivity index (χ4n) is 1.89. The molecule has 1 N–H and O–H groups in total. The fourth-order valence-corrected chi connectivity index (χ4v) is 4.48. The first-order valence-corrected chi connectivity index (χ1v) is 8.93. The quantitative estimate of drug-likeness (QED) is 0.927. The minimum absolute atomic E-state index is 0.120. The lowest BCUT2D eigenvalue weighted by atomic mass is 10.1. The summed E-state index contributed by atoms with van der Waals surface area (Å²) in [5, 5.41) is 3.96. The van der Waals surface area contributed by atoms with Crippen LogP contribution in [0.4, 0.5) is 0 Å². The van der Waals surface area contributed by atoms with Gasteiger partial charge >= 0.3 is 0 Å². The van der Waals surface area contributed by atoms with E-state index in [0.717, 1.165) is 29.5 Å². The summed E-state index contributed by atoms with van der Waals surface area (Å²) in [6.07, 6.45) is 0. The molecule has 0 amide bonds. The van der Waals surface area contributed by atoms with Crippen LogP contribution in [0.2, 0.25) is 0 Å². The summed E-state index contributed by atoms with van der Waals surface area (Å²) in [5.41, 5.74) is 2.30. The molecule has 19 heavy (non-hydrogen) atoms. The number of aryl methyl sites for hydroxylation is 1. The number of rotatable bonds is 3. The molecule has 2 rings (SSSR count). The molecule has 106 valence electrons. The molecule has 1 aliphatic heterocycles. The van der Waals surface area contributed by atoms with Crippen LogP contribution in [0.5, 0.6) is 0 Å². The van der Waals surface area contributed by atoms with Gasteiger partial charge in [-0.1, -0.05) is 0 Å². The van der Waals surface area contributed by atoms with Crippen LogP contribution in [0.15, 0.2) is 6.07 Å². The van der Waals surface area contributed by atoms with Gasteiger partial charge in [-0.3, -0.25) is 0 Å². The number of nitrogens with one attached hydrogen (secondary N) is 1. The van der Waals surface area contributed by atoms with Gasteiger partial charge in [-0.15, -0.1) is 11.8 Å². The first-order valence-electron chi connectivity index (χ1n) is 6.73. The zero-order chi connectivity index (χ0) is 13.9. The van der Waals surface area contributed by atoms with Crippen LogP contribution in [-0.4, -0.2) is 32.8 Å². The van der Waals surface area contributed by atoms with Crippen molar-refractivity contribution in [2.24, 2.45) is 0 Å². The standard InChI is InChI=1S/C14H23N3S2/c1-10-7-11(8-15-14(2,3)4)17-13(16-10)12-9-18-5-6-19-12/h7,12,15H,5-6,8-9H2,1-4H3. The molecule has 0 radical (unpaired) electrons. The van der Waals surface area contributed by atoms with Gasteiger partial charge in [0.1, 0.15) is 5.82 Å². The van der Waals surface area contributed by atoms with Crippen molar-refractivity contribution >= 4 is 23.5 Å². The van der Waals surface area contributed by atoms with Gasteiger partial charge in [0, 0.05) is 35.0 Å². The van der Waals surface area contributed by atoms with Crippen molar-refractivity contribution in [3.63, 3.8) is 0 Å². The van der Waals surface area contributed by atoms with Crippen molar-refractivity contribution in [2.75, 3.05) is 17.3 Å². The van der Waals surface area contributed by atoms with Gasteiger partial charge in [-0.05, 0) is 33.8 Å². The van der Waals surface area contributed by atoms with E-state index in [9.17, 15) is 0 Å². The fraction of sp³-hybridized carbons (Fsp3) is 0.714. The average Bonchev–Trinajstić information content (AvgIpc) is 2.36. The molecule has 2 heterocycles. The number of hydrogen-bond donors (Lipinski definition) is 1. The molecule has 0 aliphatic carbocycles. The van der Waals surface area contributed by atoms with E-state index in [0.29, 0.717) is 5.25 Å². The second-order valence-electron chi connectivity index (χ2n) is 5.90. The van der Waals surface area contributed by atoms with Crippen molar-refractivity contribution < 1.29 is 0 Å². The van der Waals surface area contributed by atoms with Gasteiger partial charge in [0.2, 0.25) is 0 Å². The highest BCUT2D eigenvalue weighted by molar-refractivity contribution is 8.06. The predicted molar refractivity (Wildman–Crippen MR) is 85.9 cm³/mol. The minimum atomic E-state index is 0.120. The van der Waals surface area contributed by atoms with Gasteiger partial charge in [0.25, 0.3) is 0 Å². The highest BCUT2D eigenvalue weighted by Gasteiger charge is 2.20. The third kappa shape index (κ3) is 4.97. The van der Waals surface area contributed by atoms with E-state index in [-0.39, 0.29) is 5.54 Å². The molecule has 5 heteroatoms. The molecule has 0 bridgehead atoms. The smallest absolute Gasteiger partial charge is 0.142 e. The van der Waals surface area contributed by atoms with Gasteiger partial charge < -0.3 is 5.32 Å². The summed E-state index contributed by atoms with van der Waals surface area (Å²) in [6.45, 7) is 9.40. The number of nitrogens with zero attached hydrogens (tertiary/aromatic N) is 2. The summed E-state index contributed by atoms with van der Waals surface area (Å²) in [6, 6.07) is 2.09. The third-order valence-electron chi connectivity index (χ3n) is 2.83. The predicted octanol–water partition coefficient (Wildman–Crippen LogP) is 3.19. The molecular weight excluding hydrogens is 274 g/mol. The molecule has 1 saturated heterocycles. The van der Waals surface area contributed by atoms with Crippen molar-refractivity contribution in [1.29, 1.82) is 0 Å². The highest BCUT2D eigenvalue weighted by Crippen LogP contribution is 2.35. The Morgan fingerprint density at radius 2 is 2.11 bits per heavy atom. The highest BCUT2D eigenvalue weighted by atomic mass is 32.2. The molecule has 1 fully saturated rings. The summed E-state index contributed by atoms with van der Waals surface area (Å²) < 4.78 is 0. The van der Waals surface area contributed by atoms with Crippen LogP contribution in [0.1, 0.15) is 43.2 Å². The molecular formula is C14H23N3S2. The first kappa shape index (κ1) is 15.1. The van der Waals surface area contributed by atoms with Crippen molar-refractivity contribution in [3.05, 3.63) is 23.3 Å². The second kappa shape index (κ2) is 6.46. The molecule has 1 aromatic rings. The van der Waals surface area contributed by atoms with Gasteiger partial charge in [-0.25, -0.2) is 9.97 Å². The lowest BCUT2D eigenvalue weighted by molar-refractivity contribution is 0.420. The van der Waals surface area contributed by atoms with Crippen LogP contribution in [0, 0.1) is 6.92 Å². The van der Waals surface area contributed by atoms with Crippen LogP contribution in [-0.2, 0) is 6.54 Å². The van der Waals surface area contributed by atoms with Crippen LogP contribution in [0.3, 0.4) is 0 Å². The van der Waals surface area contributed by atoms with Gasteiger partial charge in [-0.2, -0.15) is 11.8 Å². The summed E-state index contributed by atoms with van der Waals surface area (Å²) in [4.78, 5) is 9.38. The normalized spacial score (nSPS) is 20.5. The molecule has 1 atom stereocenters. The molecule has 0 saturated carbocycles. The van der Waals surface area contributed by atoms with Crippen LogP contribution >= 0.6 is 23.5 Å². The van der Waals surface area contributed by atoms with Crippen molar-refractivity contribution in [3.8, 4) is 0 Å². The summed E-state index contributed by atoms with van der Waals surface area (Å²) >= 11 is 4.00. The Bertz CT molecular complexity index is 423. The summed E-state index contributed by atoms with van der Waals surface area (Å²) in [5.74, 6) is 4.62. The maximum absolute atomic E-state index is 4.75. The monoisotopic (exact) mass is 297 g/mol. The molecule has 3 nitrogen and oxygen atoms in total. The van der Waals surface area contributed by atoms with E-state index in [1.54, 1.807) is 0 Å². The Hall–Kier alpha value is -0.260. The molecule has 1 unspecified atom stereocenters. The second-order valence-corrected chi connectivity index (χ2v) is 8.36. The Morgan fingerprint density at radius 1 is 1.32 bits per heavy atom. The summed E-state index contributed by atoms with van der Waals surface area (Å²) in [7, 11) is 0. The van der Waals surface area contributed by atoms with Crippen molar-refractivity contribution in [2.45, 2.75) is 45.0 Å². The van der Waals surface area contributed by atoms with Crippen LogP contribution in [0.25, 0.3) is 0 Å². The number of hydrogen-bond acceptors (Lipinski definition) is 5. The topological polar surface area (TPSA) is 37.8 Å². The Labute approximate surface area is 124 Å². The molecule has 1 aliphatic rings. The largest absolute Gasteiger partial charge is 0.306 e. The number of thioether (sulfide) groups is 2. The van der Waals surface area contributed by atoms with Gasteiger partial charge in [0.15, 0.2) is 0 Å².